The van der Waals surface area contributed by atoms with Gasteiger partial charge in [-0.05, 0) is 30.2 Å². The van der Waals surface area contributed by atoms with E-state index >= 15 is 0 Å². The molecule has 0 aliphatic carbocycles. The summed E-state index contributed by atoms with van der Waals surface area (Å²) >= 11 is 0. The highest BCUT2D eigenvalue weighted by Crippen LogP contribution is 2.38. The normalized spacial score (nSPS) is 22.3. The van der Waals surface area contributed by atoms with Crippen molar-refractivity contribution in [2.24, 2.45) is 5.92 Å². The summed E-state index contributed by atoms with van der Waals surface area (Å²) in [6.45, 7) is 2.42. The van der Waals surface area contributed by atoms with Crippen LogP contribution in [0.4, 0.5) is 24.7 Å². The van der Waals surface area contributed by atoms with Gasteiger partial charge in [0.2, 0.25) is 0 Å². The molecule has 0 saturated carbocycles. The first kappa shape index (κ1) is 24.3. The van der Waals surface area contributed by atoms with Crippen LogP contribution >= 0.6 is 0 Å². The molecule has 2 aliphatic heterocycles. The molecular formula is C24H26F3N7O2. The zero-order chi connectivity index (χ0) is 25.3. The molecule has 0 amide bonds. The Hall–Kier alpha value is -3.40. The second-order valence-corrected chi connectivity index (χ2v) is 9.00. The van der Waals surface area contributed by atoms with Crippen molar-refractivity contribution < 1.29 is 17.9 Å². The molecule has 3 aromatic rings. The molecule has 3 N–H and O–H groups in total. The molecule has 190 valence electrons. The lowest BCUT2D eigenvalue weighted by atomic mass is 9.96. The van der Waals surface area contributed by atoms with Crippen molar-refractivity contribution >= 4 is 22.4 Å². The Labute approximate surface area is 204 Å². The fourth-order valence-corrected chi connectivity index (χ4v) is 4.99. The molecule has 3 atom stereocenters. The maximum atomic E-state index is 13.9. The Morgan fingerprint density at radius 2 is 1.94 bits per heavy atom. The van der Waals surface area contributed by atoms with Gasteiger partial charge in [0.15, 0.2) is 5.82 Å². The zero-order valence-electron chi connectivity index (χ0n) is 19.4. The van der Waals surface area contributed by atoms with Gasteiger partial charge in [-0.1, -0.05) is 12.1 Å². The molecule has 36 heavy (non-hydrogen) atoms. The maximum absolute atomic E-state index is 13.9. The number of H-pyrrole nitrogens is 1. The molecule has 5 rings (SSSR count). The summed E-state index contributed by atoms with van der Waals surface area (Å²) in [5.74, 6) is -0.0612. The number of nitriles is 1. The lowest BCUT2D eigenvalue weighted by Crippen LogP contribution is -2.49. The highest BCUT2D eigenvalue weighted by molar-refractivity contribution is 5.91. The average molecular weight is 502 g/mol. The quantitative estimate of drug-likeness (QED) is 0.493. The maximum Gasteiger partial charge on any atom is 0.408 e. The summed E-state index contributed by atoms with van der Waals surface area (Å²) in [6, 6.07) is 7.97. The molecule has 9 nitrogen and oxygen atoms in total. The van der Waals surface area contributed by atoms with E-state index in [2.05, 4.69) is 26.8 Å². The van der Waals surface area contributed by atoms with Gasteiger partial charge in [0.25, 0.3) is 5.56 Å². The van der Waals surface area contributed by atoms with E-state index in [0.717, 1.165) is 0 Å². The minimum Gasteiger partial charge on any atom is -0.379 e. The zero-order valence-corrected chi connectivity index (χ0v) is 19.4. The first-order valence-electron chi connectivity index (χ1n) is 11.8. The van der Waals surface area contributed by atoms with Crippen LogP contribution in [0.15, 0.2) is 41.3 Å². The minimum absolute atomic E-state index is 0.152. The second kappa shape index (κ2) is 9.93. The van der Waals surface area contributed by atoms with Crippen molar-refractivity contribution in [3.8, 4) is 6.07 Å². The number of pyridine rings is 1. The first-order chi connectivity index (χ1) is 17.4. The standard InChI is InChI=1S/C24H26F3N7O2/c25-24(26,27)21(33-10-8-29-9-11-33)15-1-3-17(4-2-15)31-22-20-18(5-7-30-23(20)35)34(32-22)19-14-36-12-6-16(19)13-28/h1-5,7,16,19,21,29H,6,8-12,14H2,(H,30,35)(H,31,32). The van der Waals surface area contributed by atoms with Crippen LogP contribution in [0.1, 0.15) is 24.1 Å². The number of fused-ring (bicyclic) bond motifs is 1. The van der Waals surface area contributed by atoms with Gasteiger partial charge in [-0.15, -0.1) is 0 Å². The molecular weight excluding hydrogens is 475 g/mol. The third kappa shape index (κ3) is 4.69. The SMILES string of the molecule is N#CC1CCOCC1n1nc(Nc2ccc(C(N3CCNCC3)C(F)(F)F)cc2)c2c(=O)[nH]ccc21. The topological polar surface area (TPSA) is 111 Å². The Balaban J connectivity index is 1.46. The number of hydrogen-bond donors (Lipinski definition) is 3. The molecule has 0 bridgehead atoms. The number of alkyl halides is 3. The van der Waals surface area contributed by atoms with Gasteiger partial charge in [-0.2, -0.15) is 23.5 Å². The molecule has 12 heteroatoms. The smallest absolute Gasteiger partial charge is 0.379 e. The summed E-state index contributed by atoms with van der Waals surface area (Å²) in [5.41, 5.74) is 0.828. The summed E-state index contributed by atoms with van der Waals surface area (Å²) < 4.78 is 49.0. The summed E-state index contributed by atoms with van der Waals surface area (Å²) in [5, 5.41) is 20.7. The fraction of sp³-hybridized carbons (Fsp3) is 0.458. The minimum atomic E-state index is -4.41. The molecule has 0 spiro atoms. The van der Waals surface area contributed by atoms with Crippen molar-refractivity contribution in [2.45, 2.75) is 24.7 Å². The van der Waals surface area contributed by atoms with E-state index in [0.29, 0.717) is 62.4 Å². The summed E-state index contributed by atoms with van der Waals surface area (Å²) in [7, 11) is 0. The average Bonchev–Trinajstić information content (AvgIpc) is 3.24. The number of nitrogens with zero attached hydrogens (tertiary/aromatic N) is 4. The van der Waals surface area contributed by atoms with Crippen LogP contribution in [0.25, 0.3) is 10.9 Å². The highest BCUT2D eigenvalue weighted by Gasteiger charge is 2.44. The number of rotatable bonds is 5. The number of nitrogens with one attached hydrogen (secondary N) is 3. The Morgan fingerprint density at radius 3 is 2.64 bits per heavy atom. The Morgan fingerprint density at radius 1 is 1.19 bits per heavy atom. The van der Waals surface area contributed by atoms with E-state index in [1.165, 1.54) is 23.2 Å². The van der Waals surface area contributed by atoms with Crippen LogP contribution in [-0.2, 0) is 4.74 Å². The predicted molar refractivity (Wildman–Crippen MR) is 127 cm³/mol. The monoisotopic (exact) mass is 501 g/mol. The second-order valence-electron chi connectivity index (χ2n) is 9.00. The number of anilines is 2. The Kier molecular flexibility index (Phi) is 6.70. The van der Waals surface area contributed by atoms with Crippen molar-refractivity contribution in [3.63, 3.8) is 0 Å². The number of aromatic nitrogens is 3. The molecule has 2 fully saturated rings. The van der Waals surface area contributed by atoms with E-state index in [-0.39, 0.29) is 28.9 Å². The first-order valence-corrected chi connectivity index (χ1v) is 11.8. The van der Waals surface area contributed by atoms with E-state index in [1.807, 2.05) is 0 Å². The molecule has 2 aromatic heterocycles. The van der Waals surface area contributed by atoms with Crippen LogP contribution in [-0.4, -0.2) is 65.2 Å². The molecule has 2 saturated heterocycles. The summed E-state index contributed by atoms with van der Waals surface area (Å²) in [6.07, 6.45) is -2.34. The predicted octanol–water partition coefficient (Wildman–Crippen LogP) is 3.08. The number of piperazine rings is 1. The number of halogens is 3. The van der Waals surface area contributed by atoms with Crippen molar-refractivity contribution in [1.29, 1.82) is 5.26 Å². The van der Waals surface area contributed by atoms with Crippen LogP contribution in [0.3, 0.4) is 0 Å². The van der Waals surface area contributed by atoms with Gasteiger partial charge in [-0.25, -0.2) is 0 Å². The van der Waals surface area contributed by atoms with Crippen molar-refractivity contribution in [3.05, 3.63) is 52.4 Å². The Bertz CT molecular complexity index is 1310. The fourth-order valence-electron chi connectivity index (χ4n) is 4.99. The van der Waals surface area contributed by atoms with Crippen LogP contribution in [0, 0.1) is 17.2 Å². The van der Waals surface area contributed by atoms with E-state index in [1.54, 1.807) is 22.9 Å². The molecule has 4 heterocycles. The van der Waals surface area contributed by atoms with Crippen LogP contribution in [0.2, 0.25) is 0 Å². The molecule has 2 aliphatic rings. The van der Waals surface area contributed by atoms with E-state index < -0.39 is 12.2 Å². The van der Waals surface area contributed by atoms with Gasteiger partial charge in [-0.3, -0.25) is 14.4 Å². The van der Waals surface area contributed by atoms with Gasteiger partial charge < -0.3 is 20.4 Å². The molecule has 0 radical (unpaired) electrons. The van der Waals surface area contributed by atoms with Gasteiger partial charge in [0.05, 0.1) is 30.2 Å². The van der Waals surface area contributed by atoms with Crippen LogP contribution < -0.4 is 16.2 Å². The van der Waals surface area contributed by atoms with Crippen molar-refractivity contribution in [1.82, 2.24) is 25.0 Å². The third-order valence-electron chi connectivity index (χ3n) is 6.75. The van der Waals surface area contributed by atoms with E-state index in [9.17, 15) is 23.2 Å². The van der Waals surface area contributed by atoms with E-state index in [4.69, 9.17) is 4.74 Å². The number of aromatic amines is 1. The van der Waals surface area contributed by atoms with Crippen LogP contribution in [0.5, 0.6) is 0 Å². The lowest BCUT2D eigenvalue weighted by molar-refractivity contribution is -0.187. The summed E-state index contributed by atoms with van der Waals surface area (Å²) in [4.78, 5) is 16.8. The van der Waals surface area contributed by atoms with Gasteiger partial charge >= 0.3 is 6.18 Å². The lowest BCUT2D eigenvalue weighted by Gasteiger charge is -2.36. The molecule has 1 aromatic carbocycles. The largest absolute Gasteiger partial charge is 0.408 e. The number of benzene rings is 1. The van der Waals surface area contributed by atoms with Crippen molar-refractivity contribution in [2.75, 3.05) is 44.7 Å². The highest BCUT2D eigenvalue weighted by atomic mass is 19.4. The molecule has 3 unspecified atom stereocenters. The van der Waals surface area contributed by atoms with Gasteiger partial charge in [0, 0.05) is 44.7 Å². The third-order valence-corrected chi connectivity index (χ3v) is 6.75. The number of hydrogen-bond acceptors (Lipinski definition) is 7. The van der Waals surface area contributed by atoms with Gasteiger partial charge in [0.1, 0.15) is 11.4 Å². The number of ether oxygens (including phenoxy) is 1.